The summed E-state index contributed by atoms with van der Waals surface area (Å²) in [6, 6.07) is 15.3. The van der Waals surface area contributed by atoms with Gasteiger partial charge in [-0.2, -0.15) is 0 Å². The van der Waals surface area contributed by atoms with E-state index in [1.54, 1.807) is 0 Å². The maximum absolute atomic E-state index is 12.1. The van der Waals surface area contributed by atoms with E-state index < -0.39 is 0 Å². The lowest BCUT2D eigenvalue weighted by Crippen LogP contribution is -2.27. The van der Waals surface area contributed by atoms with Crippen molar-refractivity contribution in [3.8, 4) is 0 Å². The Morgan fingerprint density at radius 2 is 1.96 bits per heavy atom. The zero-order valence-corrected chi connectivity index (χ0v) is 13.6. The zero-order valence-electron chi connectivity index (χ0n) is 12.8. The number of aromatic amines is 1. The van der Waals surface area contributed by atoms with Gasteiger partial charge in [0.25, 0.3) is 0 Å². The first-order chi connectivity index (χ1) is 11.1. The van der Waals surface area contributed by atoms with E-state index >= 15 is 0 Å². The molecule has 2 N–H and O–H groups in total. The molecule has 118 valence electrons. The zero-order chi connectivity index (χ0) is 16.2. The van der Waals surface area contributed by atoms with Crippen LogP contribution in [0.5, 0.6) is 0 Å². The number of nitrogens with zero attached hydrogens (tertiary/aromatic N) is 1. The normalized spacial score (nSPS) is 12.3. The van der Waals surface area contributed by atoms with Crippen LogP contribution in [0.3, 0.4) is 0 Å². The average molecular weight is 328 g/mol. The van der Waals surface area contributed by atoms with E-state index in [1.807, 2.05) is 55.5 Å². The summed E-state index contributed by atoms with van der Waals surface area (Å²) in [5, 5.41) is 3.64. The highest BCUT2D eigenvalue weighted by Gasteiger charge is 2.13. The van der Waals surface area contributed by atoms with Crippen LogP contribution in [0.4, 0.5) is 0 Å². The third-order valence-corrected chi connectivity index (χ3v) is 4.12. The Kier molecular flexibility index (Phi) is 4.63. The van der Waals surface area contributed by atoms with Crippen molar-refractivity contribution in [1.82, 2.24) is 15.3 Å². The number of hydrogen-bond acceptors (Lipinski definition) is 2. The molecular weight excluding hydrogens is 310 g/mol. The number of aromatic nitrogens is 2. The molecule has 1 atom stereocenters. The van der Waals surface area contributed by atoms with E-state index in [0.29, 0.717) is 17.9 Å². The Morgan fingerprint density at radius 3 is 2.74 bits per heavy atom. The summed E-state index contributed by atoms with van der Waals surface area (Å²) in [6.45, 7) is 1.93. The van der Waals surface area contributed by atoms with Crippen LogP contribution in [0.25, 0.3) is 11.0 Å². The van der Waals surface area contributed by atoms with Gasteiger partial charge in [0.1, 0.15) is 5.82 Å². The smallest absolute Gasteiger partial charge is 0.220 e. The molecular formula is C18H18ClN3O. The van der Waals surface area contributed by atoms with Crippen LogP contribution in [-0.4, -0.2) is 15.9 Å². The van der Waals surface area contributed by atoms with Crippen molar-refractivity contribution in [2.75, 3.05) is 0 Å². The monoisotopic (exact) mass is 327 g/mol. The summed E-state index contributed by atoms with van der Waals surface area (Å²) >= 11 is 6.15. The second kappa shape index (κ2) is 6.84. The Bertz CT molecular complexity index is 795. The van der Waals surface area contributed by atoms with E-state index in [0.717, 1.165) is 22.4 Å². The van der Waals surface area contributed by atoms with Crippen molar-refractivity contribution in [2.45, 2.75) is 25.8 Å². The van der Waals surface area contributed by atoms with Crippen molar-refractivity contribution in [3.05, 3.63) is 64.9 Å². The number of amides is 1. The lowest BCUT2D eigenvalue weighted by atomic mass is 10.1. The first-order valence-electron chi connectivity index (χ1n) is 7.61. The van der Waals surface area contributed by atoms with Crippen LogP contribution >= 0.6 is 11.6 Å². The van der Waals surface area contributed by atoms with Gasteiger partial charge < -0.3 is 10.3 Å². The topological polar surface area (TPSA) is 57.8 Å². The fourth-order valence-corrected chi connectivity index (χ4v) is 2.87. The number of imidazole rings is 1. The van der Waals surface area contributed by atoms with Gasteiger partial charge in [-0.25, -0.2) is 4.98 Å². The molecule has 0 bridgehead atoms. The first kappa shape index (κ1) is 15.6. The molecule has 3 aromatic rings. The van der Waals surface area contributed by atoms with Crippen LogP contribution in [-0.2, 0) is 11.2 Å². The Balaban J connectivity index is 1.58. The SMILES string of the molecule is CC(NC(=O)CCc1nc2ccccc2[nH]1)c1ccccc1Cl. The Hall–Kier alpha value is -2.33. The summed E-state index contributed by atoms with van der Waals surface area (Å²) in [6.07, 6.45) is 0.963. The number of rotatable bonds is 5. The van der Waals surface area contributed by atoms with E-state index in [-0.39, 0.29) is 11.9 Å². The van der Waals surface area contributed by atoms with Gasteiger partial charge in [0.2, 0.25) is 5.91 Å². The summed E-state index contributed by atoms with van der Waals surface area (Å²) in [7, 11) is 0. The van der Waals surface area contributed by atoms with E-state index in [2.05, 4.69) is 15.3 Å². The number of H-pyrrole nitrogens is 1. The number of halogens is 1. The van der Waals surface area contributed by atoms with Gasteiger partial charge in [0.05, 0.1) is 17.1 Å². The van der Waals surface area contributed by atoms with Crippen LogP contribution in [0.15, 0.2) is 48.5 Å². The second-order valence-electron chi connectivity index (χ2n) is 5.51. The molecule has 1 unspecified atom stereocenters. The molecule has 0 aliphatic rings. The summed E-state index contributed by atoms with van der Waals surface area (Å²) in [5.74, 6) is 0.810. The molecule has 1 amide bonds. The van der Waals surface area contributed by atoms with Crippen molar-refractivity contribution in [3.63, 3.8) is 0 Å². The van der Waals surface area contributed by atoms with Gasteiger partial charge >= 0.3 is 0 Å². The lowest BCUT2D eigenvalue weighted by Gasteiger charge is -2.15. The van der Waals surface area contributed by atoms with E-state index in [4.69, 9.17) is 11.6 Å². The molecule has 23 heavy (non-hydrogen) atoms. The van der Waals surface area contributed by atoms with Gasteiger partial charge in [0, 0.05) is 17.9 Å². The Morgan fingerprint density at radius 1 is 1.22 bits per heavy atom. The molecule has 2 aromatic carbocycles. The third-order valence-electron chi connectivity index (χ3n) is 3.78. The largest absolute Gasteiger partial charge is 0.350 e. The highest BCUT2D eigenvalue weighted by Crippen LogP contribution is 2.22. The van der Waals surface area contributed by atoms with Crippen LogP contribution in [0.2, 0.25) is 5.02 Å². The van der Waals surface area contributed by atoms with Crippen LogP contribution in [0, 0.1) is 0 Å². The highest BCUT2D eigenvalue weighted by atomic mass is 35.5. The summed E-state index contributed by atoms with van der Waals surface area (Å²) in [4.78, 5) is 19.8. The fourth-order valence-electron chi connectivity index (χ4n) is 2.57. The number of fused-ring (bicyclic) bond motifs is 1. The predicted octanol–water partition coefficient (Wildman–Crippen LogP) is 4.03. The van der Waals surface area contributed by atoms with Crippen molar-refractivity contribution in [2.24, 2.45) is 0 Å². The number of para-hydroxylation sites is 2. The minimum atomic E-state index is -0.119. The average Bonchev–Trinajstić information content (AvgIpc) is 2.96. The number of aryl methyl sites for hydroxylation is 1. The molecule has 0 radical (unpaired) electrons. The minimum Gasteiger partial charge on any atom is -0.350 e. The third kappa shape index (κ3) is 3.71. The maximum atomic E-state index is 12.1. The lowest BCUT2D eigenvalue weighted by molar-refractivity contribution is -0.121. The number of hydrogen-bond donors (Lipinski definition) is 2. The molecule has 0 aliphatic heterocycles. The molecule has 3 rings (SSSR count). The highest BCUT2D eigenvalue weighted by molar-refractivity contribution is 6.31. The second-order valence-corrected chi connectivity index (χ2v) is 5.92. The van der Waals surface area contributed by atoms with Crippen molar-refractivity contribution < 1.29 is 4.79 Å². The molecule has 0 spiro atoms. The maximum Gasteiger partial charge on any atom is 0.220 e. The van der Waals surface area contributed by atoms with Gasteiger partial charge in [-0.05, 0) is 30.7 Å². The quantitative estimate of drug-likeness (QED) is 0.743. The van der Waals surface area contributed by atoms with E-state index in [1.165, 1.54) is 0 Å². The number of carbonyl (C=O) groups excluding carboxylic acids is 1. The van der Waals surface area contributed by atoms with Gasteiger partial charge in [-0.15, -0.1) is 0 Å². The molecule has 1 aromatic heterocycles. The molecule has 0 saturated carbocycles. The van der Waals surface area contributed by atoms with Crippen LogP contribution < -0.4 is 5.32 Å². The summed E-state index contributed by atoms with van der Waals surface area (Å²) < 4.78 is 0. The molecule has 4 nitrogen and oxygen atoms in total. The predicted molar refractivity (Wildman–Crippen MR) is 92.4 cm³/mol. The number of benzene rings is 2. The molecule has 0 fully saturated rings. The van der Waals surface area contributed by atoms with Gasteiger partial charge in [-0.1, -0.05) is 41.9 Å². The Labute approximate surface area is 139 Å². The number of carbonyl (C=O) groups is 1. The minimum absolute atomic E-state index is 0.0159. The van der Waals surface area contributed by atoms with E-state index in [9.17, 15) is 4.79 Å². The molecule has 0 aliphatic carbocycles. The molecule has 5 heteroatoms. The van der Waals surface area contributed by atoms with Crippen molar-refractivity contribution in [1.29, 1.82) is 0 Å². The van der Waals surface area contributed by atoms with Crippen LogP contribution in [0.1, 0.15) is 30.8 Å². The molecule has 1 heterocycles. The van der Waals surface area contributed by atoms with Crippen molar-refractivity contribution >= 4 is 28.5 Å². The first-order valence-corrected chi connectivity index (χ1v) is 7.98. The standard InChI is InChI=1S/C18H18ClN3O/c1-12(13-6-2-3-7-14(13)19)20-18(23)11-10-17-21-15-8-4-5-9-16(15)22-17/h2-9,12H,10-11H2,1H3,(H,20,23)(H,21,22). The summed E-state index contributed by atoms with van der Waals surface area (Å²) in [5.41, 5.74) is 2.84. The molecule has 0 saturated heterocycles. The van der Waals surface area contributed by atoms with Gasteiger partial charge in [0.15, 0.2) is 0 Å². The number of nitrogens with one attached hydrogen (secondary N) is 2. The fraction of sp³-hybridized carbons (Fsp3) is 0.222. The van der Waals surface area contributed by atoms with Gasteiger partial charge in [-0.3, -0.25) is 4.79 Å².